The Hall–Kier alpha value is -2.92. The van der Waals surface area contributed by atoms with Crippen LogP contribution in [0.1, 0.15) is 97.1 Å². The SMILES string of the molecule is CO[C@@H](C)c1ncc(C2CCN(C)CC2)cc1-c1c(CC(C)(C)COC(C)=O)c2cc(B3OC(C)(C)C(C)(C)O3)cc3c2n1CCO3. The molecule has 0 bridgehead atoms. The number of hydrogen-bond donors (Lipinski definition) is 0. The van der Waals surface area contributed by atoms with Crippen LogP contribution in [-0.4, -0.2) is 79.2 Å². The van der Waals surface area contributed by atoms with Gasteiger partial charge in [0.05, 0.1) is 47.4 Å². The van der Waals surface area contributed by atoms with Crippen LogP contribution in [0.3, 0.4) is 0 Å². The number of pyridine rings is 1. The van der Waals surface area contributed by atoms with Crippen LogP contribution in [0.25, 0.3) is 22.2 Å². The molecule has 0 amide bonds. The molecule has 3 aromatic rings. The van der Waals surface area contributed by atoms with Crippen LogP contribution >= 0.6 is 0 Å². The van der Waals surface area contributed by atoms with Crippen LogP contribution in [0, 0.1) is 5.41 Å². The van der Waals surface area contributed by atoms with E-state index in [1.165, 1.54) is 18.1 Å². The Morgan fingerprint density at radius 2 is 1.79 bits per heavy atom. The summed E-state index contributed by atoms with van der Waals surface area (Å²) in [6, 6.07) is 6.68. The van der Waals surface area contributed by atoms with Crippen LogP contribution in [0.2, 0.25) is 0 Å². The lowest BCUT2D eigenvalue weighted by atomic mass is 9.77. The summed E-state index contributed by atoms with van der Waals surface area (Å²) < 4.78 is 33.4. The monoisotopic (exact) mass is 645 g/mol. The Morgan fingerprint density at radius 3 is 2.43 bits per heavy atom. The number of likely N-dealkylation sites (tertiary alicyclic amines) is 1. The molecule has 0 unspecified atom stereocenters. The molecule has 0 radical (unpaired) electrons. The molecule has 10 heteroatoms. The Labute approximate surface area is 280 Å². The van der Waals surface area contributed by atoms with Gasteiger partial charge in [-0.3, -0.25) is 9.78 Å². The highest BCUT2D eigenvalue weighted by molar-refractivity contribution is 6.62. The summed E-state index contributed by atoms with van der Waals surface area (Å²) >= 11 is 0. The Kier molecular flexibility index (Phi) is 9.04. The molecule has 0 saturated carbocycles. The van der Waals surface area contributed by atoms with Crippen molar-refractivity contribution in [3.63, 3.8) is 0 Å². The van der Waals surface area contributed by atoms with E-state index in [0.717, 1.165) is 65.0 Å². The highest BCUT2D eigenvalue weighted by Gasteiger charge is 2.52. The molecule has 2 fully saturated rings. The Balaban J connectivity index is 1.58. The molecule has 5 heterocycles. The van der Waals surface area contributed by atoms with Crippen LogP contribution in [-0.2, 0) is 36.5 Å². The Morgan fingerprint density at radius 1 is 1.11 bits per heavy atom. The average molecular weight is 646 g/mol. The lowest BCUT2D eigenvalue weighted by Gasteiger charge is -2.32. The second-order valence-electron chi connectivity index (χ2n) is 15.6. The van der Waals surface area contributed by atoms with Crippen LogP contribution in [0.4, 0.5) is 0 Å². The van der Waals surface area contributed by atoms with Crippen molar-refractivity contribution in [1.29, 1.82) is 0 Å². The second kappa shape index (κ2) is 12.5. The predicted molar refractivity (Wildman–Crippen MR) is 185 cm³/mol. The minimum Gasteiger partial charge on any atom is -0.490 e. The normalized spacial score (nSPS) is 20.4. The third-order valence-electron chi connectivity index (χ3n) is 10.8. The van der Waals surface area contributed by atoms with E-state index in [1.54, 1.807) is 7.11 Å². The molecule has 2 aromatic heterocycles. The number of benzene rings is 1. The van der Waals surface area contributed by atoms with Gasteiger partial charge in [-0.1, -0.05) is 19.9 Å². The third-order valence-corrected chi connectivity index (χ3v) is 10.8. The maximum atomic E-state index is 11.9. The van der Waals surface area contributed by atoms with Gasteiger partial charge in [0.15, 0.2) is 0 Å². The minimum atomic E-state index is -0.529. The molecule has 254 valence electrons. The number of piperidine rings is 1. The fourth-order valence-electron chi connectivity index (χ4n) is 7.23. The average Bonchev–Trinajstić information content (AvgIpc) is 3.44. The number of aromatic nitrogens is 2. The van der Waals surface area contributed by atoms with Crippen molar-refractivity contribution in [2.45, 2.75) is 104 Å². The quantitative estimate of drug-likeness (QED) is 0.206. The van der Waals surface area contributed by atoms with Gasteiger partial charge in [-0.15, -0.1) is 0 Å². The molecule has 47 heavy (non-hydrogen) atoms. The number of carbonyl (C=O) groups excluding carboxylic acids is 1. The van der Waals surface area contributed by atoms with E-state index >= 15 is 0 Å². The largest absolute Gasteiger partial charge is 0.494 e. The first-order valence-corrected chi connectivity index (χ1v) is 17.1. The summed E-state index contributed by atoms with van der Waals surface area (Å²) in [6.07, 6.45) is 4.75. The first-order valence-electron chi connectivity index (χ1n) is 17.1. The summed E-state index contributed by atoms with van der Waals surface area (Å²) in [6.45, 7) is 19.9. The molecule has 9 nitrogen and oxygen atoms in total. The van der Waals surface area contributed by atoms with Crippen molar-refractivity contribution in [1.82, 2.24) is 14.5 Å². The molecule has 6 rings (SSSR count). The van der Waals surface area contributed by atoms with Gasteiger partial charge in [0, 0.05) is 36.6 Å². The standard InChI is InChI=1S/C37H52BN3O6/c1-23(43-10)32-29(17-26(21-39-32)25-11-13-40(9)14-12-25)33-30(20-35(3,4)22-45-24(2)42)28-18-27(19-31-34(28)41(33)15-16-44-31)38-46-36(5,6)37(7,8)47-38/h17-19,21,23,25H,11-16,20,22H2,1-10H3/t23-/m0/s1. The van der Waals surface area contributed by atoms with Gasteiger partial charge in [0.25, 0.3) is 0 Å². The Bertz CT molecular complexity index is 1640. The van der Waals surface area contributed by atoms with Crippen molar-refractivity contribution in [3.05, 3.63) is 41.2 Å². The molecule has 3 aliphatic rings. The van der Waals surface area contributed by atoms with E-state index in [4.69, 9.17) is 28.5 Å². The van der Waals surface area contributed by atoms with Crippen LogP contribution < -0.4 is 10.2 Å². The highest BCUT2D eigenvalue weighted by Crippen LogP contribution is 2.46. The van der Waals surface area contributed by atoms with E-state index in [0.29, 0.717) is 32.1 Å². The lowest BCUT2D eigenvalue weighted by molar-refractivity contribution is -0.143. The maximum Gasteiger partial charge on any atom is 0.494 e. The number of nitrogens with zero attached hydrogens (tertiary/aromatic N) is 3. The number of methoxy groups -OCH3 is 1. The fraction of sp³-hybridized carbons (Fsp3) is 0.622. The number of carbonyl (C=O) groups is 1. The van der Waals surface area contributed by atoms with E-state index in [9.17, 15) is 4.79 Å². The summed E-state index contributed by atoms with van der Waals surface area (Å²) in [5.41, 5.74) is 6.29. The van der Waals surface area contributed by atoms with Gasteiger partial charge >= 0.3 is 13.1 Å². The third kappa shape index (κ3) is 6.46. The van der Waals surface area contributed by atoms with Crippen LogP contribution in [0.5, 0.6) is 5.75 Å². The number of esters is 1. The molecular weight excluding hydrogens is 593 g/mol. The maximum absolute atomic E-state index is 11.9. The van der Waals surface area contributed by atoms with Crippen molar-refractivity contribution >= 4 is 29.5 Å². The molecule has 2 saturated heterocycles. The van der Waals surface area contributed by atoms with Crippen molar-refractivity contribution < 1.29 is 28.3 Å². The van der Waals surface area contributed by atoms with Gasteiger partial charge in [0.2, 0.25) is 0 Å². The van der Waals surface area contributed by atoms with Crippen molar-refractivity contribution in [3.8, 4) is 17.0 Å². The van der Waals surface area contributed by atoms with Gasteiger partial charge in [-0.2, -0.15) is 0 Å². The lowest BCUT2D eigenvalue weighted by Crippen LogP contribution is -2.41. The van der Waals surface area contributed by atoms with Gasteiger partial charge in [-0.05, 0) is 109 Å². The second-order valence-corrected chi connectivity index (χ2v) is 15.6. The van der Waals surface area contributed by atoms with Crippen molar-refractivity contribution in [2.24, 2.45) is 5.41 Å². The van der Waals surface area contributed by atoms with Crippen molar-refractivity contribution in [2.75, 3.05) is 40.5 Å². The molecule has 0 spiro atoms. The van der Waals surface area contributed by atoms with E-state index in [2.05, 4.69) is 89.4 Å². The molecule has 1 aromatic carbocycles. The van der Waals surface area contributed by atoms with E-state index < -0.39 is 18.3 Å². The zero-order valence-electron chi connectivity index (χ0n) is 30.0. The molecule has 0 aliphatic carbocycles. The summed E-state index contributed by atoms with van der Waals surface area (Å²) in [5.74, 6) is 1.00. The van der Waals surface area contributed by atoms with Gasteiger partial charge in [0.1, 0.15) is 12.4 Å². The van der Waals surface area contributed by atoms with Gasteiger partial charge < -0.3 is 33.0 Å². The first kappa shape index (κ1) is 34.0. The number of hydrogen-bond acceptors (Lipinski definition) is 8. The summed E-state index contributed by atoms with van der Waals surface area (Å²) in [4.78, 5) is 19.4. The van der Waals surface area contributed by atoms with E-state index in [-0.39, 0.29) is 17.5 Å². The molecule has 3 aliphatic heterocycles. The van der Waals surface area contributed by atoms with Gasteiger partial charge in [-0.25, -0.2) is 0 Å². The number of rotatable bonds is 9. The number of ether oxygens (including phenoxy) is 3. The smallest absolute Gasteiger partial charge is 0.490 e. The molecule has 0 N–H and O–H groups in total. The summed E-state index contributed by atoms with van der Waals surface area (Å²) in [7, 11) is 3.41. The zero-order valence-corrected chi connectivity index (χ0v) is 30.0. The topological polar surface area (TPSA) is 84.3 Å². The van der Waals surface area contributed by atoms with Crippen LogP contribution in [0.15, 0.2) is 24.4 Å². The fourth-order valence-corrected chi connectivity index (χ4v) is 7.23. The van der Waals surface area contributed by atoms with E-state index in [1.807, 2.05) is 0 Å². The molecule has 1 atom stereocenters. The first-order chi connectivity index (χ1) is 22.1. The highest BCUT2D eigenvalue weighted by atomic mass is 16.7. The minimum absolute atomic E-state index is 0.205. The molecular formula is C37H52BN3O6. The predicted octanol–water partition coefficient (Wildman–Crippen LogP) is 6.04. The zero-order chi connectivity index (χ0) is 33.9. The summed E-state index contributed by atoms with van der Waals surface area (Å²) in [5, 5.41) is 1.10.